The number of nitrogens with zero attached hydrogens (tertiary/aromatic N) is 1. The minimum atomic E-state index is -0.155. The van der Waals surface area contributed by atoms with E-state index in [0.717, 1.165) is 49.7 Å². The first-order valence-electron chi connectivity index (χ1n) is 11.2. The summed E-state index contributed by atoms with van der Waals surface area (Å²) in [6.07, 6.45) is 3.80. The van der Waals surface area contributed by atoms with E-state index in [4.69, 9.17) is 4.74 Å². The number of hydrogen-bond donors (Lipinski definition) is 2. The van der Waals surface area contributed by atoms with Crippen LogP contribution in [0.15, 0.2) is 54.6 Å². The Balaban J connectivity index is 1.43. The number of benzene rings is 2. The van der Waals surface area contributed by atoms with Gasteiger partial charge in [-0.15, -0.1) is 0 Å². The Morgan fingerprint density at radius 3 is 2.56 bits per heavy atom. The fourth-order valence-corrected chi connectivity index (χ4v) is 3.48. The van der Waals surface area contributed by atoms with Crippen LogP contribution in [0.2, 0.25) is 0 Å². The second-order valence-electron chi connectivity index (χ2n) is 8.33. The Kier molecular flexibility index (Phi) is 9.01. The highest BCUT2D eigenvalue weighted by atomic mass is 16.5. The molecule has 0 aliphatic carbocycles. The van der Waals surface area contributed by atoms with Crippen molar-refractivity contribution in [1.29, 1.82) is 0 Å². The number of ether oxygens (including phenoxy) is 1. The van der Waals surface area contributed by atoms with E-state index in [0.29, 0.717) is 18.9 Å². The van der Waals surface area contributed by atoms with Gasteiger partial charge in [-0.3, -0.25) is 14.5 Å². The molecular weight excluding hydrogens is 402 g/mol. The van der Waals surface area contributed by atoms with E-state index >= 15 is 0 Å². The summed E-state index contributed by atoms with van der Waals surface area (Å²) in [6, 6.07) is 15.8. The summed E-state index contributed by atoms with van der Waals surface area (Å²) in [4.78, 5) is 26.7. The molecule has 0 radical (unpaired) electrons. The summed E-state index contributed by atoms with van der Waals surface area (Å²) in [5.41, 5.74) is 3.94. The maximum absolute atomic E-state index is 12.3. The van der Waals surface area contributed by atoms with Crippen molar-refractivity contribution in [2.75, 3.05) is 38.2 Å². The molecule has 0 atom stereocenters. The van der Waals surface area contributed by atoms with Crippen molar-refractivity contribution >= 4 is 23.6 Å². The second-order valence-corrected chi connectivity index (χ2v) is 8.33. The molecule has 1 aliphatic rings. The monoisotopic (exact) mass is 435 g/mol. The van der Waals surface area contributed by atoms with Crippen molar-refractivity contribution < 1.29 is 14.3 Å². The molecule has 6 nitrogen and oxygen atoms in total. The molecule has 6 heteroatoms. The van der Waals surface area contributed by atoms with Crippen LogP contribution in [0.4, 0.5) is 5.69 Å². The normalized spacial score (nSPS) is 14.6. The Labute approximate surface area is 190 Å². The molecule has 0 aromatic heterocycles. The Morgan fingerprint density at radius 1 is 1.09 bits per heavy atom. The van der Waals surface area contributed by atoms with Crippen molar-refractivity contribution in [2.24, 2.45) is 0 Å². The van der Waals surface area contributed by atoms with Crippen LogP contribution in [0.25, 0.3) is 6.08 Å². The Morgan fingerprint density at radius 2 is 1.84 bits per heavy atom. The van der Waals surface area contributed by atoms with E-state index in [-0.39, 0.29) is 11.8 Å². The van der Waals surface area contributed by atoms with Gasteiger partial charge in [0.15, 0.2) is 0 Å². The van der Waals surface area contributed by atoms with Crippen LogP contribution >= 0.6 is 0 Å². The van der Waals surface area contributed by atoms with Crippen molar-refractivity contribution in [3.63, 3.8) is 0 Å². The van der Waals surface area contributed by atoms with Gasteiger partial charge in [0.1, 0.15) is 0 Å². The zero-order valence-corrected chi connectivity index (χ0v) is 19.0. The molecule has 0 bridgehead atoms. The molecule has 170 valence electrons. The van der Waals surface area contributed by atoms with Gasteiger partial charge in [-0.05, 0) is 40.8 Å². The fraction of sp³-hybridized carbons (Fsp3) is 0.385. The number of hydrogen-bond acceptors (Lipinski definition) is 4. The van der Waals surface area contributed by atoms with E-state index in [1.807, 2.05) is 42.5 Å². The summed E-state index contributed by atoms with van der Waals surface area (Å²) in [7, 11) is 0. The van der Waals surface area contributed by atoms with E-state index in [1.165, 1.54) is 5.56 Å². The molecule has 0 saturated carbocycles. The molecule has 1 heterocycles. The van der Waals surface area contributed by atoms with Gasteiger partial charge in [-0.2, -0.15) is 0 Å². The third-order valence-corrected chi connectivity index (χ3v) is 5.47. The van der Waals surface area contributed by atoms with Gasteiger partial charge in [0.2, 0.25) is 11.8 Å². The minimum Gasteiger partial charge on any atom is -0.379 e. The number of morpholine rings is 1. The maximum Gasteiger partial charge on any atom is 0.244 e. The largest absolute Gasteiger partial charge is 0.379 e. The topological polar surface area (TPSA) is 70.7 Å². The molecular formula is C26H33N3O3. The molecule has 1 aliphatic heterocycles. The molecule has 2 amide bonds. The van der Waals surface area contributed by atoms with Gasteiger partial charge in [0.25, 0.3) is 0 Å². The predicted molar refractivity (Wildman–Crippen MR) is 128 cm³/mol. The van der Waals surface area contributed by atoms with Gasteiger partial charge < -0.3 is 15.4 Å². The van der Waals surface area contributed by atoms with Crippen molar-refractivity contribution in [2.45, 2.75) is 32.7 Å². The summed E-state index contributed by atoms with van der Waals surface area (Å²) in [5.74, 6) is 0.323. The van der Waals surface area contributed by atoms with Crippen LogP contribution in [-0.4, -0.2) is 49.6 Å². The summed E-state index contributed by atoms with van der Waals surface area (Å²) < 4.78 is 5.33. The van der Waals surface area contributed by atoms with Gasteiger partial charge in [-0.1, -0.05) is 50.2 Å². The van der Waals surface area contributed by atoms with Gasteiger partial charge >= 0.3 is 0 Å². The third-order valence-electron chi connectivity index (χ3n) is 5.47. The molecule has 2 aromatic carbocycles. The number of rotatable bonds is 9. The number of carbonyl (C=O) groups excluding carboxylic acids is 2. The molecule has 2 aromatic rings. The fourth-order valence-electron chi connectivity index (χ4n) is 3.48. The number of anilines is 1. The lowest BCUT2D eigenvalue weighted by Crippen LogP contribution is -2.38. The molecule has 0 spiro atoms. The van der Waals surface area contributed by atoms with Gasteiger partial charge in [0, 0.05) is 44.4 Å². The number of nitrogens with one attached hydrogen (secondary N) is 2. The van der Waals surface area contributed by atoms with Crippen LogP contribution in [0, 0.1) is 0 Å². The zero-order chi connectivity index (χ0) is 22.8. The first-order valence-corrected chi connectivity index (χ1v) is 11.2. The summed E-state index contributed by atoms with van der Waals surface area (Å²) >= 11 is 0. The smallest absolute Gasteiger partial charge is 0.244 e. The molecule has 32 heavy (non-hydrogen) atoms. The lowest BCUT2D eigenvalue weighted by atomic mass is 10.0. The summed E-state index contributed by atoms with van der Waals surface area (Å²) in [5, 5.41) is 5.84. The van der Waals surface area contributed by atoms with Gasteiger partial charge in [0.05, 0.1) is 13.2 Å². The minimum absolute atomic E-state index is 0.0101. The number of carbonyl (C=O) groups is 2. The number of amides is 2. The first kappa shape index (κ1) is 23.7. The lowest BCUT2D eigenvalue weighted by molar-refractivity contribution is -0.117. The highest BCUT2D eigenvalue weighted by Crippen LogP contribution is 2.15. The highest BCUT2D eigenvalue weighted by molar-refractivity contribution is 5.92. The Hall–Kier alpha value is -2.96. The first-order chi connectivity index (χ1) is 15.5. The van der Waals surface area contributed by atoms with Crippen molar-refractivity contribution in [3.8, 4) is 0 Å². The van der Waals surface area contributed by atoms with E-state index < -0.39 is 0 Å². The molecule has 0 unspecified atom stereocenters. The van der Waals surface area contributed by atoms with Crippen LogP contribution < -0.4 is 10.6 Å². The average Bonchev–Trinajstić information content (AvgIpc) is 2.81. The molecule has 3 rings (SSSR count). The van der Waals surface area contributed by atoms with E-state index in [2.05, 4.69) is 41.5 Å². The van der Waals surface area contributed by atoms with Crippen LogP contribution in [0.1, 0.15) is 42.9 Å². The molecule has 2 N–H and O–H groups in total. The molecule has 1 fully saturated rings. The van der Waals surface area contributed by atoms with Crippen LogP contribution in [0.3, 0.4) is 0 Å². The second kappa shape index (κ2) is 12.2. The van der Waals surface area contributed by atoms with Crippen LogP contribution in [-0.2, 0) is 20.9 Å². The zero-order valence-electron chi connectivity index (χ0n) is 19.0. The average molecular weight is 436 g/mol. The van der Waals surface area contributed by atoms with Gasteiger partial charge in [-0.25, -0.2) is 0 Å². The van der Waals surface area contributed by atoms with Crippen molar-refractivity contribution in [3.05, 3.63) is 71.3 Å². The predicted octanol–water partition coefficient (Wildman–Crippen LogP) is 3.80. The standard InChI is InChI=1S/C26H33N3O3/c1-20(2)23-9-6-21(7-10-23)8-11-25(30)27-19-22-4-3-5-24(18-22)28-26(31)12-13-29-14-16-32-17-15-29/h3-11,18,20H,12-17,19H2,1-2H3,(H,27,30)(H,28,31). The molecule has 1 saturated heterocycles. The Bertz CT molecular complexity index is 916. The summed E-state index contributed by atoms with van der Waals surface area (Å²) in [6.45, 7) is 8.66. The van der Waals surface area contributed by atoms with Crippen molar-refractivity contribution in [1.82, 2.24) is 10.2 Å². The quantitative estimate of drug-likeness (QED) is 0.588. The third kappa shape index (κ3) is 7.94. The highest BCUT2D eigenvalue weighted by Gasteiger charge is 2.12. The van der Waals surface area contributed by atoms with E-state index in [1.54, 1.807) is 6.08 Å². The lowest BCUT2D eigenvalue weighted by Gasteiger charge is -2.26. The van der Waals surface area contributed by atoms with Crippen LogP contribution in [0.5, 0.6) is 0 Å². The SMILES string of the molecule is CC(C)c1ccc(C=CC(=O)NCc2cccc(NC(=O)CCN3CCOCC3)c2)cc1. The van der Waals surface area contributed by atoms with E-state index in [9.17, 15) is 9.59 Å². The maximum atomic E-state index is 12.3.